The Morgan fingerprint density at radius 1 is 1.24 bits per heavy atom. The van der Waals surface area contributed by atoms with Crippen molar-refractivity contribution in [2.24, 2.45) is 0 Å². The fraction of sp³-hybridized carbons (Fsp3) is 0.143. The summed E-state index contributed by atoms with van der Waals surface area (Å²) in [6.45, 7) is 0.217. The van der Waals surface area contributed by atoms with Crippen molar-refractivity contribution in [3.8, 4) is 16.9 Å². The standard InChI is InChI=1S/C21H17F5N6O2/c1-2-17(33)29-10-16(27)18-15(12-9-30-32(11-12)20(22)23)7-8-28-19(18)31-13-3-5-14(6-4-13)34-21(24,25)26/h2-9,11,20,27H,1,10H2,(H,28,31)(H,29,33). The maximum atomic E-state index is 13.0. The molecule has 0 saturated carbocycles. The minimum absolute atomic E-state index is 0.102. The molecule has 13 heteroatoms. The number of hydrogen-bond donors (Lipinski definition) is 3. The van der Waals surface area contributed by atoms with Gasteiger partial charge in [0.05, 0.1) is 18.5 Å². The summed E-state index contributed by atoms with van der Waals surface area (Å²) < 4.78 is 67.4. The first-order chi connectivity index (χ1) is 16.1. The Bertz CT molecular complexity index is 1190. The average Bonchev–Trinajstić information content (AvgIpc) is 3.28. The topological polar surface area (TPSA) is 105 Å². The molecule has 8 nitrogen and oxygen atoms in total. The van der Waals surface area contributed by atoms with Gasteiger partial charge < -0.3 is 20.8 Å². The highest BCUT2D eigenvalue weighted by atomic mass is 19.4. The molecule has 0 aliphatic rings. The van der Waals surface area contributed by atoms with E-state index in [-0.39, 0.29) is 29.2 Å². The van der Waals surface area contributed by atoms with Crippen LogP contribution in [0.1, 0.15) is 12.1 Å². The minimum Gasteiger partial charge on any atom is -0.406 e. The molecule has 0 spiro atoms. The fourth-order valence-corrected chi connectivity index (χ4v) is 2.90. The fourth-order valence-electron chi connectivity index (χ4n) is 2.90. The maximum absolute atomic E-state index is 13.0. The van der Waals surface area contributed by atoms with Gasteiger partial charge >= 0.3 is 12.9 Å². The number of aromatic nitrogens is 3. The molecule has 0 unspecified atom stereocenters. The molecule has 0 atom stereocenters. The summed E-state index contributed by atoms with van der Waals surface area (Å²) in [4.78, 5) is 15.7. The van der Waals surface area contributed by atoms with Crippen molar-refractivity contribution in [3.05, 3.63) is 67.1 Å². The molecule has 3 N–H and O–H groups in total. The van der Waals surface area contributed by atoms with Crippen molar-refractivity contribution >= 4 is 23.1 Å². The second-order valence-corrected chi connectivity index (χ2v) is 6.67. The van der Waals surface area contributed by atoms with Crippen molar-refractivity contribution in [1.29, 1.82) is 5.41 Å². The molecule has 178 valence electrons. The number of ether oxygens (including phenoxy) is 1. The molecule has 34 heavy (non-hydrogen) atoms. The second-order valence-electron chi connectivity index (χ2n) is 6.67. The SMILES string of the molecule is C=CC(=O)NCC(=N)c1c(-c2cnn(C(F)F)c2)ccnc1Nc1ccc(OC(F)(F)F)cc1. The third kappa shape index (κ3) is 6.15. The predicted molar refractivity (Wildman–Crippen MR) is 113 cm³/mol. The normalized spacial score (nSPS) is 11.2. The van der Waals surface area contributed by atoms with Crippen molar-refractivity contribution < 1.29 is 31.5 Å². The number of carbonyl (C=O) groups excluding carboxylic acids is 1. The van der Waals surface area contributed by atoms with Crippen LogP contribution in [0.4, 0.5) is 33.5 Å². The Morgan fingerprint density at radius 3 is 2.53 bits per heavy atom. The Labute approximate surface area is 189 Å². The first kappa shape index (κ1) is 24.4. The summed E-state index contributed by atoms with van der Waals surface area (Å²) in [5.74, 6) is -0.862. The van der Waals surface area contributed by atoms with Crippen LogP contribution in [0.5, 0.6) is 5.75 Å². The van der Waals surface area contributed by atoms with E-state index in [2.05, 4.69) is 32.0 Å². The van der Waals surface area contributed by atoms with Crippen LogP contribution in [-0.2, 0) is 4.79 Å². The number of hydrogen-bond acceptors (Lipinski definition) is 6. The Kier molecular flexibility index (Phi) is 7.24. The number of pyridine rings is 1. The van der Waals surface area contributed by atoms with E-state index in [1.807, 2.05) is 0 Å². The number of rotatable bonds is 9. The highest BCUT2D eigenvalue weighted by Gasteiger charge is 2.31. The van der Waals surface area contributed by atoms with Crippen LogP contribution in [0.15, 0.2) is 61.6 Å². The smallest absolute Gasteiger partial charge is 0.406 e. The Morgan fingerprint density at radius 2 is 1.94 bits per heavy atom. The number of alkyl halides is 5. The van der Waals surface area contributed by atoms with Gasteiger partial charge in [-0.2, -0.15) is 13.9 Å². The summed E-state index contributed by atoms with van der Waals surface area (Å²) in [6, 6.07) is 6.26. The lowest BCUT2D eigenvalue weighted by molar-refractivity contribution is -0.274. The van der Waals surface area contributed by atoms with Gasteiger partial charge in [0.1, 0.15) is 11.6 Å². The van der Waals surface area contributed by atoms with E-state index < -0.39 is 24.6 Å². The minimum atomic E-state index is -4.84. The lowest BCUT2D eigenvalue weighted by Crippen LogP contribution is -2.28. The van der Waals surface area contributed by atoms with Crippen LogP contribution in [-0.4, -0.2) is 39.3 Å². The largest absolute Gasteiger partial charge is 0.573 e. The monoisotopic (exact) mass is 480 g/mol. The van der Waals surface area contributed by atoms with Crippen LogP contribution in [0, 0.1) is 5.41 Å². The zero-order valence-electron chi connectivity index (χ0n) is 17.2. The zero-order valence-corrected chi connectivity index (χ0v) is 17.2. The molecule has 1 amide bonds. The van der Waals surface area contributed by atoms with Crippen LogP contribution < -0.4 is 15.4 Å². The van der Waals surface area contributed by atoms with E-state index in [1.54, 1.807) is 0 Å². The molecular weight excluding hydrogens is 463 g/mol. The van der Waals surface area contributed by atoms with Gasteiger partial charge in [0.25, 0.3) is 0 Å². The molecule has 0 aliphatic heterocycles. The number of anilines is 2. The van der Waals surface area contributed by atoms with Gasteiger partial charge in [0.2, 0.25) is 5.91 Å². The van der Waals surface area contributed by atoms with Gasteiger partial charge in [-0.15, -0.1) is 13.2 Å². The van der Waals surface area contributed by atoms with Crippen LogP contribution in [0.3, 0.4) is 0 Å². The van der Waals surface area contributed by atoms with Gasteiger partial charge in [-0.1, -0.05) is 6.58 Å². The lowest BCUT2D eigenvalue weighted by Gasteiger charge is -2.16. The Hall–Kier alpha value is -4.29. The van der Waals surface area contributed by atoms with E-state index in [4.69, 9.17) is 5.41 Å². The number of nitrogens with one attached hydrogen (secondary N) is 3. The number of carbonyl (C=O) groups is 1. The van der Waals surface area contributed by atoms with Crippen molar-refractivity contribution in [3.63, 3.8) is 0 Å². The maximum Gasteiger partial charge on any atom is 0.573 e. The predicted octanol–water partition coefficient (Wildman–Crippen LogP) is 4.65. The van der Waals surface area contributed by atoms with Crippen LogP contribution in [0.25, 0.3) is 11.1 Å². The summed E-state index contributed by atoms with van der Waals surface area (Å²) in [5, 5.41) is 17.4. The molecule has 2 aromatic heterocycles. The molecule has 0 fully saturated rings. The van der Waals surface area contributed by atoms with E-state index in [9.17, 15) is 26.7 Å². The molecule has 3 rings (SSSR count). The molecule has 0 saturated heterocycles. The van der Waals surface area contributed by atoms with Crippen molar-refractivity contribution in [1.82, 2.24) is 20.1 Å². The summed E-state index contributed by atoms with van der Waals surface area (Å²) in [7, 11) is 0. The Balaban J connectivity index is 1.97. The number of benzene rings is 1. The summed E-state index contributed by atoms with van der Waals surface area (Å²) >= 11 is 0. The molecule has 0 aliphatic carbocycles. The number of halogens is 5. The van der Waals surface area contributed by atoms with E-state index in [1.165, 1.54) is 30.6 Å². The highest BCUT2D eigenvalue weighted by Crippen LogP contribution is 2.31. The molecule has 2 heterocycles. The average molecular weight is 480 g/mol. The van der Waals surface area contributed by atoms with Gasteiger partial charge in [0, 0.05) is 29.2 Å². The van der Waals surface area contributed by atoms with Crippen LogP contribution in [0.2, 0.25) is 0 Å². The van der Waals surface area contributed by atoms with E-state index in [0.29, 0.717) is 15.9 Å². The molecular formula is C21H17F5N6O2. The van der Waals surface area contributed by atoms with Gasteiger partial charge in [-0.05, 0) is 42.0 Å². The third-order valence-electron chi connectivity index (χ3n) is 4.34. The molecule has 1 aromatic carbocycles. The first-order valence-electron chi connectivity index (χ1n) is 9.50. The number of nitrogens with zero attached hydrogens (tertiary/aromatic N) is 3. The van der Waals surface area contributed by atoms with Gasteiger partial charge in [-0.3, -0.25) is 4.79 Å². The third-order valence-corrected chi connectivity index (χ3v) is 4.34. The molecule has 0 bridgehead atoms. The number of amides is 1. The van der Waals surface area contributed by atoms with Crippen molar-refractivity contribution in [2.75, 3.05) is 11.9 Å². The van der Waals surface area contributed by atoms with Crippen molar-refractivity contribution in [2.45, 2.75) is 12.9 Å². The van der Waals surface area contributed by atoms with Crippen LogP contribution >= 0.6 is 0 Å². The molecule has 0 radical (unpaired) electrons. The van der Waals surface area contributed by atoms with E-state index in [0.717, 1.165) is 24.4 Å². The summed E-state index contributed by atoms with van der Waals surface area (Å²) in [6.07, 6.45) is -0.184. The highest BCUT2D eigenvalue weighted by molar-refractivity contribution is 6.10. The lowest BCUT2D eigenvalue weighted by atomic mass is 9.99. The quantitative estimate of drug-likeness (QED) is 0.235. The van der Waals surface area contributed by atoms with Gasteiger partial charge in [-0.25, -0.2) is 9.67 Å². The first-order valence-corrected chi connectivity index (χ1v) is 9.50. The summed E-state index contributed by atoms with van der Waals surface area (Å²) in [5.41, 5.74) is 0.930. The van der Waals surface area contributed by atoms with E-state index >= 15 is 0 Å². The van der Waals surface area contributed by atoms with Gasteiger partial charge in [0.15, 0.2) is 0 Å². The molecule has 3 aromatic rings. The zero-order chi connectivity index (χ0) is 24.9. The second kappa shape index (κ2) is 10.1.